The van der Waals surface area contributed by atoms with Crippen molar-refractivity contribution in [1.29, 1.82) is 0 Å². The van der Waals surface area contributed by atoms with Crippen molar-refractivity contribution in [3.05, 3.63) is 89.7 Å². The number of aromatic nitrogens is 1. The molecular formula is C42H57N7O5. The van der Waals surface area contributed by atoms with E-state index in [9.17, 15) is 19.2 Å². The number of pyridine rings is 1. The van der Waals surface area contributed by atoms with E-state index in [2.05, 4.69) is 55.4 Å². The van der Waals surface area contributed by atoms with E-state index in [1.165, 1.54) is 11.1 Å². The number of amides is 6. The van der Waals surface area contributed by atoms with E-state index in [4.69, 9.17) is 4.74 Å². The maximum atomic E-state index is 12.7. The molecule has 0 spiro atoms. The third-order valence-electron chi connectivity index (χ3n) is 10.3. The molecule has 12 heteroatoms. The van der Waals surface area contributed by atoms with Crippen LogP contribution in [0.2, 0.25) is 0 Å². The molecule has 2 aromatic carbocycles. The molecule has 0 bridgehead atoms. The smallest absolute Gasteiger partial charge is 0.321 e. The fourth-order valence-electron chi connectivity index (χ4n) is 6.83. The summed E-state index contributed by atoms with van der Waals surface area (Å²) in [6, 6.07) is 21.0. The van der Waals surface area contributed by atoms with Gasteiger partial charge >= 0.3 is 12.1 Å². The second-order valence-electron chi connectivity index (χ2n) is 14.8. The number of nitrogens with zero attached hydrogens (tertiary/aromatic N) is 5. The topological polar surface area (TPSA) is 127 Å². The highest BCUT2D eigenvalue weighted by Crippen LogP contribution is 2.21. The molecule has 12 nitrogen and oxygen atoms in total. The molecule has 290 valence electrons. The van der Waals surface area contributed by atoms with Gasteiger partial charge in [-0.3, -0.25) is 14.6 Å². The third kappa shape index (κ3) is 11.5. The van der Waals surface area contributed by atoms with Crippen LogP contribution in [0, 0.1) is 5.92 Å². The zero-order valence-electron chi connectivity index (χ0n) is 32.3. The fraction of sp³-hybridized carbons (Fsp3) is 0.500. The summed E-state index contributed by atoms with van der Waals surface area (Å²) < 4.78 is 5.36. The van der Waals surface area contributed by atoms with E-state index >= 15 is 0 Å². The molecule has 0 saturated carbocycles. The predicted octanol–water partition coefficient (Wildman–Crippen LogP) is 6.89. The summed E-state index contributed by atoms with van der Waals surface area (Å²) in [4.78, 5) is 61.9. The van der Waals surface area contributed by atoms with Crippen LogP contribution in [0.5, 0.6) is 0 Å². The molecule has 6 rings (SSSR count). The Bertz CT molecular complexity index is 1660. The molecule has 3 aliphatic rings. The Hall–Kier alpha value is -4.97. The molecule has 54 heavy (non-hydrogen) atoms. The second kappa shape index (κ2) is 19.9. The molecule has 4 heterocycles. The molecule has 0 aliphatic carbocycles. The number of anilines is 2. The van der Waals surface area contributed by atoms with Crippen molar-refractivity contribution in [3.63, 3.8) is 0 Å². The number of ether oxygens (including phenoxy) is 1. The van der Waals surface area contributed by atoms with Gasteiger partial charge in [-0.1, -0.05) is 58.0 Å². The molecule has 3 fully saturated rings. The van der Waals surface area contributed by atoms with Crippen LogP contribution in [0.1, 0.15) is 86.8 Å². The lowest BCUT2D eigenvalue weighted by molar-refractivity contribution is -0.138. The van der Waals surface area contributed by atoms with Crippen molar-refractivity contribution in [2.24, 2.45) is 5.92 Å². The van der Waals surface area contributed by atoms with Gasteiger partial charge in [-0.2, -0.15) is 0 Å². The average Bonchev–Trinajstić information content (AvgIpc) is 3.61. The summed E-state index contributed by atoms with van der Waals surface area (Å²) in [6.45, 7) is 14.8. The molecule has 0 radical (unpaired) electrons. The standard InChI is InChI=1S/C21H26N4O2.C21H31N3O3/c1-16(2)17-7-9-18(10-8-17)23-21(27)25-13-5-12-24(14-15-25)20(26)19-6-3-4-11-22-19;1-16(2)17-4-6-19(7-5-17)22-21(26)24-11-3-10-23(12-13-24)20(25)18-8-14-27-15-9-18/h3-4,6-11,16H,5,12-15H2,1-2H3,(H,23,27);4-7,16,18H,3,8-15H2,1-2H3,(H,22,26). The van der Waals surface area contributed by atoms with Gasteiger partial charge in [-0.05, 0) is 85.0 Å². The van der Waals surface area contributed by atoms with E-state index in [1.807, 2.05) is 52.3 Å². The molecule has 0 unspecified atom stereocenters. The van der Waals surface area contributed by atoms with Crippen LogP contribution >= 0.6 is 0 Å². The second-order valence-corrected chi connectivity index (χ2v) is 14.8. The van der Waals surface area contributed by atoms with E-state index in [1.54, 1.807) is 28.1 Å². The lowest BCUT2D eigenvalue weighted by atomic mass is 9.98. The summed E-state index contributed by atoms with van der Waals surface area (Å²) in [7, 11) is 0. The SMILES string of the molecule is CC(C)c1ccc(NC(=O)N2CCCN(C(=O)C3CCOCC3)CC2)cc1.CC(C)c1ccc(NC(=O)N2CCCN(C(=O)c3ccccn3)CC2)cc1. The van der Waals surface area contributed by atoms with Crippen molar-refractivity contribution in [2.45, 2.75) is 65.2 Å². The van der Waals surface area contributed by atoms with Crippen LogP contribution in [0.4, 0.5) is 21.0 Å². The zero-order chi connectivity index (χ0) is 38.5. The van der Waals surface area contributed by atoms with Crippen LogP contribution in [0.15, 0.2) is 72.9 Å². The van der Waals surface area contributed by atoms with Crippen molar-refractivity contribution >= 4 is 35.3 Å². The number of hydrogen-bond donors (Lipinski definition) is 2. The summed E-state index contributed by atoms with van der Waals surface area (Å²) in [5, 5.41) is 5.93. The fourth-order valence-corrected chi connectivity index (χ4v) is 6.83. The Balaban J connectivity index is 0.000000208. The lowest BCUT2D eigenvalue weighted by Crippen LogP contribution is -2.42. The van der Waals surface area contributed by atoms with Crippen molar-refractivity contribution < 1.29 is 23.9 Å². The number of carbonyl (C=O) groups is 4. The number of nitrogens with one attached hydrogen (secondary N) is 2. The normalized spacial score (nSPS) is 16.9. The first-order chi connectivity index (χ1) is 26.1. The number of urea groups is 2. The third-order valence-corrected chi connectivity index (χ3v) is 10.3. The van der Waals surface area contributed by atoms with E-state index in [0.29, 0.717) is 76.6 Å². The first kappa shape index (κ1) is 40.2. The molecule has 1 aromatic heterocycles. The molecular weight excluding hydrogens is 683 g/mol. The molecule has 3 saturated heterocycles. The first-order valence-corrected chi connectivity index (χ1v) is 19.5. The van der Waals surface area contributed by atoms with Gasteiger partial charge in [0.05, 0.1) is 0 Å². The molecule has 2 N–H and O–H groups in total. The number of benzene rings is 2. The molecule has 3 aromatic rings. The van der Waals surface area contributed by atoms with E-state index in [0.717, 1.165) is 43.6 Å². The van der Waals surface area contributed by atoms with Gasteiger partial charge in [0.15, 0.2) is 0 Å². The van der Waals surface area contributed by atoms with Crippen molar-refractivity contribution in [2.75, 3.05) is 76.2 Å². The number of hydrogen-bond acceptors (Lipinski definition) is 6. The van der Waals surface area contributed by atoms with E-state index < -0.39 is 0 Å². The molecule has 3 aliphatic heterocycles. The maximum Gasteiger partial charge on any atom is 0.321 e. The minimum Gasteiger partial charge on any atom is -0.381 e. The number of carbonyl (C=O) groups excluding carboxylic acids is 4. The van der Waals surface area contributed by atoms with Gasteiger partial charge in [0.25, 0.3) is 5.91 Å². The first-order valence-electron chi connectivity index (χ1n) is 19.5. The Morgan fingerprint density at radius 3 is 1.56 bits per heavy atom. The highest BCUT2D eigenvalue weighted by molar-refractivity contribution is 5.93. The van der Waals surface area contributed by atoms with Crippen LogP contribution in [0.3, 0.4) is 0 Å². The Morgan fingerprint density at radius 1 is 0.611 bits per heavy atom. The minimum atomic E-state index is -0.126. The van der Waals surface area contributed by atoms with Crippen LogP contribution < -0.4 is 10.6 Å². The monoisotopic (exact) mass is 739 g/mol. The molecule has 6 amide bonds. The maximum absolute atomic E-state index is 12.7. The van der Waals surface area contributed by atoms with Gasteiger partial charge < -0.3 is 35.0 Å². The molecule has 0 atom stereocenters. The predicted molar refractivity (Wildman–Crippen MR) is 212 cm³/mol. The summed E-state index contributed by atoms with van der Waals surface area (Å²) in [5.41, 5.74) is 4.54. The highest BCUT2D eigenvalue weighted by Gasteiger charge is 2.29. The summed E-state index contributed by atoms with van der Waals surface area (Å²) >= 11 is 0. The van der Waals surface area contributed by atoms with Crippen LogP contribution in [-0.4, -0.2) is 114 Å². The number of rotatable bonds is 6. The Morgan fingerprint density at radius 2 is 1.07 bits per heavy atom. The quantitative estimate of drug-likeness (QED) is 0.284. The highest BCUT2D eigenvalue weighted by atomic mass is 16.5. The van der Waals surface area contributed by atoms with Gasteiger partial charge in [0.1, 0.15) is 5.69 Å². The van der Waals surface area contributed by atoms with Gasteiger partial charge in [-0.25, -0.2) is 9.59 Å². The Kier molecular flexibility index (Phi) is 14.8. The van der Waals surface area contributed by atoms with Gasteiger partial charge in [-0.15, -0.1) is 0 Å². The van der Waals surface area contributed by atoms with Crippen LogP contribution in [-0.2, 0) is 9.53 Å². The minimum absolute atomic E-state index is 0.0814. The summed E-state index contributed by atoms with van der Waals surface area (Å²) in [6.07, 6.45) is 4.81. The van der Waals surface area contributed by atoms with Gasteiger partial charge in [0.2, 0.25) is 5.91 Å². The average molecular weight is 740 g/mol. The van der Waals surface area contributed by atoms with Crippen LogP contribution in [0.25, 0.3) is 0 Å². The lowest BCUT2D eigenvalue weighted by Gasteiger charge is -2.28. The Labute approximate surface area is 320 Å². The van der Waals surface area contributed by atoms with Gasteiger partial charge in [0, 0.05) is 89.1 Å². The largest absolute Gasteiger partial charge is 0.381 e. The van der Waals surface area contributed by atoms with E-state index in [-0.39, 0.29) is 29.8 Å². The summed E-state index contributed by atoms with van der Waals surface area (Å²) in [5.74, 6) is 1.16. The van der Waals surface area contributed by atoms with Crippen molar-refractivity contribution in [1.82, 2.24) is 24.6 Å². The zero-order valence-corrected chi connectivity index (χ0v) is 32.3. The van der Waals surface area contributed by atoms with Crippen molar-refractivity contribution in [3.8, 4) is 0 Å².